The van der Waals surface area contributed by atoms with Gasteiger partial charge in [0.15, 0.2) is 5.79 Å². The van der Waals surface area contributed by atoms with E-state index < -0.39 is 18.9 Å². The van der Waals surface area contributed by atoms with E-state index >= 15 is 0 Å². The fourth-order valence-corrected chi connectivity index (χ4v) is 1.36. The molecular formula is C8H12O3. The minimum atomic E-state index is -2.45. The van der Waals surface area contributed by atoms with E-state index in [0.29, 0.717) is 0 Å². The number of hydrogen-bond acceptors (Lipinski definition) is 3. The van der Waals surface area contributed by atoms with Crippen molar-refractivity contribution in [3.8, 4) is 0 Å². The van der Waals surface area contributed by atoms with Gasteiger partial charge in [-0.1, -0.05) is 0 Å². The van der Waals surface area contributed by atoms with Gasteiger partial charge < -0.3 is 9.47 Å². The maximum Gasteiger partial charge on any atom is 0.169 e. The van der Waals surface area contributed by atoms with Crippen LogP contribution in [0.2, 0.25) is 0 Å². The van der Waals surface area contributed by atoms with E-state index in [1.165, 1.54) is 0 Å². The first-order valence-corrected chi connectivity index (χ1v) is 3.68. The lowest BCUT2D eigenvalue weighted by Crippen LogP contribution is -2.35. The van der Waals surface area contributed by atoms with Gasteiger partial charge in [0.1, 0.15) is 5.78 Å². The van der Waals surface area contributed by atoms with Crippen molar-refractivity contribution < 1.29 is 19.8 Å². The Morgan fingerprint density at radius 1 is 1.27 bits per heavy atom. The standard InChI is InChI=1S/C8H12O3/c9-7-1-3-8(4-2-7)10-5-6-11-8/h1-6H2/i5D2,6D2. The summed E-state index contributed by atoms with van der Waals surface area (Å²) in [5, 5.41) is 0. The van der Waals surface area contributed by atoms with E-state index in [4.69, 9.17) is 15.0 Å². The third-order valence-electron chi connectivity index (χ3n) is 2.09. The molecule has 0 bridgehead atoms. The van der Waals surface area contributed by atoms with E-state index in [1.807, 2.05) is 0 Å². The molecule has 1 aliphatic carbocycles. The number of ketones is 1. The Kier molecular flexibility index (Phi) is 0.937. The molecule has 3 heteroatoms. The number of Topliss-reactive ketones (excluding diaryl/α,β-unsaturated/α-hetero) is 1. The topological polar surface area (TPSA) is 35.5 Å². The highest BCUT2D eigenvalue weighted by Gasteiger charge is 2.39. The lowest BCUT2D eigenvalue weighted by atomic mass is 9.93. The predicted octanol–water partition coefficient (Wildman–Crippen LogP) is 0.873. The molecule has 1 heterocycles. The van der Waals surface area contributed by atoms with Crippen molar-refractivity contribution >= 4 is 5.78 Å². The molecular weight excluding hydrogens is 144 g/mol. The lowest BCUT2D eigenvalue weighted by molar-refractivity contribution is -0.179. The third-order valence-corrected chi connectivity index (χ3v) is 2.09. The summed E-state index contributed by atoms with van der Waals surface area (Å²) in [6, 6.07) is 0. The largest absolute Gasteiger partial charge is 0.348 e. The Bertz CT molecular complexity index is 274. The van der Waals surface area contributed by atoms with Gasteiger partial charge in [0.25, 0.3) is 0 Å². The SMILES string of the molecule is [2H]C1([2H])OC2(CCC(=O)CC2)OC1([2H])[2H]. The van der Waals surface area contributed by atoms with Gasteiger partial charge in [-0.3, -0.25) is 4.79 Å². The summed E-state index contributed by atoms with van der Waals surface area (Å²) in [5.74, 6) is -1.16. The first-order chi connectivity index (χ1) is 6.77. The van der Waals surface area contributed by atoms with Gasteiger partial charge in [0.05, 0.1) is 18.6 Å². The quantitative estimate of drug-likeness (QED) is 0.527. The van der Waals surface area contributed by atoms with Crippen molar-refractivity contribution in [2.45, 2.75) is 31.5 Å². The second-order valence-electron chi connectivity index (χ2n) is 2.86. The molecule has 1 saturated carbocycles. The Balaban J connectivity index is 2.17. The van der Waals surface area contributed by atoms with E-state index in [1.54, 1.807) is 0 Å². The van der Waals surface area contributed by atoms with Crippen LogP contribution in [0.3, 0.4) is 0 Å². The normalized spacial score (nSPS) is 44.2. The van der Waals surface area contributed by atoms with Crippen molar-refractivity contribution in [2.75, 3.05) is 13.1 Å². The van der Waals surface area contributed by atoms with Gasteiger partial charge in [-0.05, 0) is 0 Å². The first kappa shape index (κ1) is 4.01. The highest BCUT2D eigenvalue weighted by molar-refractivity contribution is 5.79. The van der Waals surface area contributed by atoms with Crippen LogP contribution in [0, 0.1) is 0 Å². The summed E-state index contributed by atoms with van der Waals surface area (Å²) in [5.41, 5.74) is 0. The second kappa shape index (κ2) is 2.57. The summed E-state index contributed by atoms with van der Waals surface area (Å²) in [6.07, 6.45) is 0.966. The minimum absolute atomic E-state index is 0.0841. The number of rotatable bonds is 0. The summed E-state index contributed by atoms with van der Waals surface area (Å²) < 4.78 is 39.5. The molecule has 0 aromatic carbocycles. The van der Waals surface area contributed by atoms with Gasteiger partial charge in [-0.25, -0.2) is 0 Å². The fourth-order valence-electron chi connectivity index (χ4n) is 1.36. The molecule has 0 unspecified atom stereocenters. The molecule has 1 spiro atoms. The maximum absolute atomic E-state index is 11.0. The van der Waals surface area contributed by atoms with Crippen molar-refractivity contribution in [2.24, 2.45) is 0 Å². The fraction of sp³-hybridized carbons (Fsp3) is 0.875. The van der Waals surface area contributed by atoms with Crippen molar-refractivity contribution in [3.05, 3.63) is 0 Å². The van der Waals surface area contributed by atoms with Crippen molar-refractivity contribution in [1.82, 2.24) is 0 Å². The Labute approximate surface area is 71.3 Å². The van der Waals surface area contributed by atoms with E-state index in [-0.39, 0.29) is 31.5 Å². The number of carbonyl (C=O) groups is 1. The molecule has 0 radical (unpaired) electrons. The molecule has 2 fully saturated rings. The minimum Gasteiger partial charge on any atom is -0.348 e. The monoisotopic (exact) mass is 160 g/mol. The van der Waals surface area contributed by atoms with Gasteiger partial charge in [-0.2, -0.15) is 0 Å². The molecule has 1 saturated heterocycles. The van der Waals surface area contributed by atoms with Crippen molar-refractivity contribution in [1.29, 1.82) is 0 Å². The molecule has 3 nitrogen and oxygen atoms in total. The zero-order valence-electron chi connectivity index (χ0n) is 10.1. The van der Waals surface area contributed by atoms with Crippen LogP contribution in [0.4, 0.5) is 0 Å². The van der Waals surface area contributed by atoms with Crippen LogP contribution in [0.1, 0.15) is 31.2 Å². The maximum atomic E-state index is 11.0. The summed E-state index contributed by atoms with van der Waals surface area (Å²) in [6.45, 7) is -4.90. The summed E-state index contributed by atoms with van der Waals surface area (Å²) in [7, 11) is 0. The molecule has 2 rings (SSSR count). The Hall–Kier alpha value is -0.410. The highest BCUT2D eigenvalue weighted by Crippen LogP contribution is 2.33. The zero-order valence-corrected chi connectivity index (χ0v) is 6.05. The third kappa shape index (κ3) is 1.30. The van der Waals surface area contributed by atoms with Crippen LogP contribution in [-0.4, -0.2) is 24.7 Å². The van der Waals surface area contributed by atoms with Crippen LogP contribution in [0.25, 0.3) is 0 Å². The Morgan fingerprint density at radius 2 is 1.82 bits per heavy atom. The first-order valence-electron chi connectivity index (χ1n) is 5.68. The number of carbonyl (C=O) groups excluding carboxylic acids is 1. The van der Waals surface area contributed by atoms with Gasteiger partial charge in [-0.15, -0.1) is 0 Å². The van der Waals surface area contributed by atoms with Crippen LogP contribution >= 0.6 is 0 Å². The zero-order chi connectivity index (χ0) is 11.3. The van der Waals surface area contributed by atoms with Gasteiger partial charge in [0, 0.05) is 25.7 Å². The van der Waals surface area contributed by atoms with Crippen LogP contribution < -0.4 is 0 Å². The van der Waals surface area contributed by atoms with Crippen LogP contribution in [0.15, 0.2) is 0 Å². The summed E-state index contributed by atoms with van der Waals surface area (Å²) in [4.78, 5) is 11.0. The molecule has 0 N–H and O–H groups in total. The van der Waals surface area contributed by atoms with Crippen molar-refractivity contribution in [3.63, 3.8) is 0 Å². The van der Waals surface area contributed by atoms with Gasteiger partial charge in [0.2, 0.25) is 0 Å². The number of ether oxygens (including phenoxy) is 2. The highest BCUT2D eigenvalue weighted by atomic mass is 16.7. The molecule has 0 atom stereocenters. The van der Waals surface area contributed by atoms with Crippen LogP contribution in [0.5, 0.6) is 0 Å². The lowest BCUT2D eigenvalue weighted by Gasteiger charge is -2.30. The molecule has 62 valence electrons. The Morgan fingerprint density at radius 3 is 2.36 bits per heavy atom. The second-order valence-corrected chi connectivity index (χ2v) is 2.86. The summed E-state index contributed by atoms with van der Waals surface area (Å²) >= 11 is 0. The van der Waals surface area contributed by atoms with E-state index in [2.05, 4.69) is 0 Å². The number of hydrogen-bond donors (Lipinski definition) is 0. The molecule has 0 amide bonds. The average Bonchev–Trinajstić information content (AvgIpc) is 2.25. The van der Waals surface area contributed by atoms with Crippen LogP contribution in [-0.2, 0) is 14.3 Å². The molecule has 2 aliphatic rings. The average molecular weight is 160 g/mol. The molecule has 11 heavy (non-hydrogen) atoms. The van der Waals surface area contributed by atoms with Gasteiger partial charge >= 0.3 is 0 Å². The predicted molar refractivity (Wildman–Crippen MR) is 38.1 cm³/mol. The smallest absolute Gasteiger partial charge is 0.169 e. The molecule has 0 aromatic rings. The van der Waals surface area contributed by atoms with E-state index in [0.717, 1.165) is 0 Å². The van der Waals surface area contributed by atoms with E-state index in [9.17, 15) is 4.79 Å². The molecule has 1 aliphatic heterocycles. The molecule has 0 aromatic heterocycles.